The SMILES string of the molecule is C=CCNC(=O)c1c(N)n(/N=C/c2ccc(OC)c(OC)c2)c2nc3ccccc3nc12. The highest BCUT2D eigenvalue weighted by Gasteiger charge is 2.23. The normalized spacial score (nSPS) is 11.2. The third kappa shape index (κ3) is 3.71. The number of nitrogens with two attached hydrogens (primary N) is 1. The van der Waals surface area contributed by atoms with Gasteiger partial charge in [0.15, 0.2) is 17.1 Å². The molecule has 0 saturated carbocycles. The van der Waals surface area contributed by atoms with Crippen molar-refractivity contribution in [2.24, 2.45) is 5.10 Å². The average molecular weight is 430 g/mol. The van der Waals surface area contributed by atoms with Crippen molar-refractivity contribution >= 4 is 40.1 Å². The monoisotopic (exact) mass is 430 g/mol. The van der Waals surface area contributed by atoms with E-state index < -0.39 is 0 Å². The van der Waals surface area contributed by atoms with Crippen LogP contribution in [0.4, 0.5) is 5.82 Å². The smallest absolute Gasteiger partial charge is 0.257 e. The van der Waals surface area contributed by atoms with Gasteiger partial charge in [0, 0.05) is 6.54 Å². The number of fused-ring (bicyclic) bond motifs is 2. The van der Waals surface area contributed by atoms with Crippen molar-refractivity contribution in [3.05, 3.63) is 66.2 Å². The Balaban J connectivity index is 1.87. The largest absolute Gasteiger partial charge is 0.493 e. The Morgan fingerprint density at radius 2 is 1.88 bits per heavy atom. The van der Waals surface area contributed by atoms with Crippen LogP contribution in [0.5, 0.6) is 11.5 Å². The second-order valence-electron chi connectivity index (χ2n) is 6.81. The molecular weight excluding hydrogens is 408 g/mol. The molecule has 32 heavy (non-hydrogen) atoms. The number of hydrogen-bond acceptors (Lipinski definition) is 7. The van der Waals surface area contributed by atoms with E-state index >= 15 is 0 Å². The summed E-state index contributed by atoms with van der Waals surface area (Å²) in [5.74, 6) is 0.928. The van der Waals surface area contributed by atoms with Gasteiger partial charge in [-0.3, -0.25) is 4.79 Å². The molecule has 162 valence electrons. The first-order valence-electron chi connectivity index (χ1n) is 9.79. The Hall–Kier alpha value is -4.40. The van der Waals surface area contributed by atoms with E-state index in [-0.39, 0.29) is 17.3 Å². The van der Waals surface area contributed by atoms with Crippen molar-refractivity contribution < 1.29 is 14.3 Å². The molecule has 4 aromatic rings. The minimum atomic E-state index is -0.378. The van der Waals surface area contributed by atoms with Gasteiger partial charge in [-0.1, -0.05) is 18.2 Å². The Morgan fingerprint density at radius 3 is 2.56 bits per heavy atom. The third-order valence-electron chi connectivity index (χ3n) is 4.84. The summed E-state index contributed by atoms with van der Waals surface area (Å²) >= 11 is 0. The minimum absolute atomic E-state index is 0.133. The Labute approximate surface area is 184 Å². The standard InChI is InChI=1S/C23H22N6O3/c1-4-11-25-23(30)19-20-22(28-16-8-6-5-7-15(16)27-20)29(21(19)24)26-13-14-9-10-17(31-2)18(12-14)32-3/h4-10,12-13H,1,11,24H2,2-3H3,(H,25,30)/b26-13+. The van der Waals surface area contributed by atoms with E-state index in [0.29, 0.717) is 40.2 Å². The first-order chi connectivity index (χ1) is 15.6. The summed E-state index contributed by atoms with van der Waals surface area (Å²) in [4.78, 5) is 22.1. The maximum atomic E-state index is 12.8. The number of ether oxygens (including phenoxy) is 2. The quantitative estimate of drug-likeness (QED) is 0.344. The van der Waals surface area contributed by atoms with Crippen molar-refractivity contribution in [2.75, 3.05) is 26.5 Å². The molecule has 0 radical (unpaired) electrons. The molecular formula is C23H22N6O3. The van der Waals surface area contributed by atoms with Crippen molar-refractivity contribution in [1.82, 2.24) is 20.0 Å². The zero-order chi connectivity index (χ0) is 22.7. The minimum Gasteiger partial charge on any atom is -0.493 e. The second kappa shape index (κ2) is 8.76. The lowest BCUT2D eigenvalue weighted by Crippen LogP contribution is -2.24. The summed E-state index contributed by atoms with van der Waals surface area (Å²) < 4.78 is 12.0. The zero-order valence-corrected chi connectivity index (χ0v) is 17.7. The molecule has 2 aromatic carbocycles. The lowest BCUT2D eigenvalue weighted by molar-refractivity contribution is 0.0960. The highest BCUT2D eigenvalue weighted by Crippen LogP contribution is 2.29. The van der Waals surface area contributed by atoms with Gasteiger partial charge in [0.25, 0.3) is 5.91 Å². The van der Waals surface area contributed by atoms with Crippen LogP contribution in [0.1, 0.15) is 15.9 Å². The maximum absolute atomic E-state index is 12.8. The maximum Gasteiger partial charge on any atom is 0.257 e. The summed E-state index contributed by atoms with van der Waals surface area (Å²) in [6.07, 6.45) is 3.18. The van der Waals surface area contributed by atoms with Crippen molar-refractivity contribution in [3.63, 3.8) is 0 Å². The number of aromatic nitrogens is 3. The van der Waals surface area contributed by atoms with Gasteiger partial charge in [0.05, 0.1) is 31.5 Å². The van der Waals surface area contributed by atoms with Gasteiger partial charge in [-0.15, -0.1) is 6.58 Å². The van der Waals surface area contributed by atoms with E-state index in [2.05, 4.69) is 27.0 Å². The molecule has 1 amide bonds. The fourth-order valence-electron chi connectivity index (χ4n) is 3.30. The molecule has 0 unspecified atom stereocenters. The molecule has 9 heteroatoms. The van der Waals surface area contributed by atoms with Gasteiger partial charge in [-0.05, 0) is 35.9 Å². The van der Waals surface area contributed by atoms with Crippen LogP contribution in [-0.4, -0.2) is 47.5 Å². The van der Waals surface area contributed by atoms with E-state index in [9.17, 15) is 4.79 Å². The van der Waals surface area contributed by atoms with Crippen LogP contribution < -0.4 is 20.5 Å². The molecule has 2 heterocycles. The number of nitrogens with zero attached hydrogens (tertiary/aromatic N) is 4. The summed E-state index contributed by atoms with van der Waals surface area (Å²) in [5.41, 5.74) is 9.37. The number of amides is 1. The fraction of sp³-hybridized carbons (Fsp3) is 0.130. The molecule has 0 aliphatic rings. The van der Waals surface area contributed by atoms with Crippen molar-refractivity contribution in [2.45, 2.75) is 0 Å². The van der Waals surface area contributed by atoms with Gasteiger partial charge in [-0.25, -0.2) is 9.97 Å². The summed E-state index contributed by atoms with van der Waals surface area (Å²) in [6, 6.07) is 12.8. The predicted octanol–water partition coefficient (Wildman–Crippen LogP) is 2.98. The van der Waals surface area contributed by atoms with Crippen LogP contribution in [0, 0.1) is 0 Å². The average Bonchev–Trinajstić information content (AvgIpc) is 3.09. The van der Waals surface area contributed by atoms with Crippen LogP contribution in [0.2, 0.25) is 0 Å². The van der Waals surface area contributed by atoms with E-state index in [1.807, 2.05) is 30.3 Å². The topological polar surface area (TPSA) is 117 Å². The number of methoxy groups -OCH3 is 2. The Morgan fingerprint density at radius 1 is 1.16 bits per heavy atom. The number of para-hydroxylation sites is 2. The Kier molecular flexibility index (Phi) is 5.71. The van der Waals surface area contributed by atoms with E-state index in [1.165, 1.54) is 4.68 Å². The van der Waals surface area contributed by atoms with Crippen molar-refractivity contribution in [1.29, 1.82) is 0 Å². The molecule has 0 saturated heterocycles. The fourth-order valence-corrected chi connectivity index (χ4v) is 3.30. The second-order valence-corrected chi connectivity index (χ2v) is 6.81. The molecule has 0 spiro atoms. The summed E-state index contributed by atoms with van der Waals surface area (Å²) in [6.45, 7) is 3.92. The molecule has 0 bridgehead atoms. The molecule has 3 N–H and O–H groups in total. The number of nitrogen functional groups attached to an aromatic ring is 1. The molecule has 0 fully saturated rings. The van der Waals surface area contributed by atoms with E-state index in [1.54, 1.807) is 38.6 Å². The van der Waals surface area contributed by atoms with Gasteiger partial charge in [0.1, 0.15) is 16.9 Å². The van der Waals surface area contributed by atoms with Crippen LogP contribution in [0.25, 0.3) is 22.2 Å². The molecule has 2 aromatic heterocycles. The van der Waals surface area contributed by atoms with Crippen LogP contribution in [-0.2, 0) is 0 Å². The summed E-state index contributed by atoms with van der Waals surface area (Å²) in [7, 11) is 3.13. The number of benzene rings is 2. The van der Waals surface area contributed by atoms with Crippen LogP contribution >= 0.6 is 0 Å². The van der Waals surface area contributed by atoms with Crippen LogP contribution in [0.3, 0.4) is 0 Å². The third-order valence-corrected chi connectivity index (χ3v) is 4.84. The van der Waals surface area contributed by atoms with Gasteiger partial charge in [-0.2, -0.15) is 9.78 Å². The highest BCUT2D eigenvalue weighted by molar-refractivity contribution is 6.10. The Bertz CT molecular complexity index is 1360. The van der Waals surface area contributed by atoms with Gasteiger partial charge in [0.2, 0.25) is 0 Å². The zero-order valence-electron chi connectivity index (χ0n) is 17.7. The van der Waals surface area contributed by atoms with E-state index in [0.717, 1.165) is 5.56 Å². The van der Waals surface area contributed by atoms with Gasteiger partial charge < -0.3 is 20.5 Å². The number of anilines is 1. The lowest BCUT2D eigenvalue weighted by Gasteiger charge is -2.07. The first kappa shape index (κ1) is 20.9. The molecule has 0 atom stereocenters. The molecule has 9 nitrogen and oxygen atoms in total. The number of carbonyl (C=O) groups excluding carboxylic acids is 1. The number of nitrogens with one attached hydrogen (secondary N) is 1. The molecule has 4 rings (SSSR count). The number of hydrogen-bond donors (Lipinski definition) is 2. The predicted molar refractivity (Wildman–Crippen MR) is 125 cm³/mol. The highest BCUT2D eigenvalue weighted by atomic mass is 16.5. The molecule has 0 aliphatic carbocycles. The van der Waals surface area contributed by atoms with Crippen LogP contribution in [0.15, 0.2) is 60.2 Å². The molecule has 0 aliphatic heterocycles. The lowest BCUT2D eigenvalue weighted by atomic mass is 10.2. The number of carbonyl (C=O) groups is 1. The first-order valence-corrected chi connectivity index (χ1v) is 9.79. The number of rotatable bonds is 7. The van der Waals surface area contributed by atoms with E-state index in [4.69, 9.17) is 15.2 Å². The summed E-state index contributed by atoms with van der Waals surface area (Å²) in [5, 5.41) is 7.24. The van der Waals surface area contributed by atoms with Gasteiger partial charge >= 0.3 is 0 Å². The van der Waals surface area contributed by atoms with Crippen molar-refractivity contribution in [3.8, 4) is 11.5 Å².